The van der Waals surface area contributed by atoms with Crippen LogP contribution in [0.2, 0.25) is 10.0 Å². The van der Waals surface area contributed by atoms with Crippen LogP contribution in [0.5, 0.6) is 5.75 Å². The molecule has 20 heavy (non-hydrogen) atoms. The topological polar surface area (TPSA) is 21.3 Å². The molecule has 1 atom stereocenters. The molecule has 2 aromatic rings. The number of nitrogens with one attached hydrogen (secondary N) is 1. The second kappa shape index (κ2) is 6.87. The molecule has 0 aliphatic heterocycles. The van der Waals surface area contributed by atoms with E-state index in [0.29, 0.717) is 16.7 Å². The van der Waals surface area contributed by atoms with Crippen LogP contribution in [0.15, 0.2) is 42.5 Å². The molecule has 1 unspecified atom stereocenters. The van der Waals surface area contributed by atoms with E-state index in [1.807, 2.05) is 50.2 Å². The molecule has 0 radical (unpaired) electrons. The summed E-state index contributed by atoms with van der Waals surface area (Å²) in [6, 6.07) is 13.6. The minimum Gasteiger partial charge on any atom is -0.494 e. The van der Waals surface area contributed by atoms with Crippen LogP contribution >= 0.6 is 23.2 Å². The van der Waals surface area contributed by atoms with Gasteiger partial charge in [0.05, 0.1) is 22.7 Å². The molecule has 0 spiro atoms. The molecular weight excluding hydrogens is 293 g/mol. The number of halogens is 2. The summed E-state index contributed by atoms with van der Waals surface area (Å²) in [5.74, 6) is 0.867. The number of benzene rings is 2. The lowest BCUT2D eigenvalue weighted by Gasteiger charge is -2.18. The van der Waals surface area contributed by atoms with E-state index < -0.39 is 0 Å². The van der Waals surface area contributed by atoms with Crippen molar-refractivity contribution in [2.45, 2.75) is 19.9 Å². The van der Waals surface area contributed by atoms with Gasteiger partial charge in [-0.25, -0.2) is 0 Å². The molecule has 0 amide bonds. The van der Waals surface area contributed by atoms with E-state index in [-0.39, 0.29) is 6.04 Å². The molecule has 0 heterocycles. The van der Waals surface area contributed by atoms with Crippen LogP contribution in [0, 0.1) is 0 Å². The van der Waals surface area contributed by atoms with Gasteiger partial charge in [0.25, 0.3) is 0 Å². The van der Waals surface area contributed by atoms with Crippen LogP contribution in [0.4, 0.5) is 5.69 Å². The van der Waals surface area contributed by atoms with E-state index in [0.717, 1.165) is 17.0 Å². The smallest absolute Gasteiger partial charge is 0.119 e. The Kier molecular flexibility index (Phi) is 5.16. The third kappa shape index (κ3) is 3.59. The molecule has 2 nitrogen and oxygen atoms in total. The molecule has 4 heteroatoms. The Morgan fingerprint density at radius 3 is 2.45 bits per heavy atom. The molecule has 0 saturated carbocycles. The van der Waals surface area contributed by atoms with Gasteiger partial charge < -0.3 is 10.1 Å². The molecule has 0 aliphatic rings. The SMILES string of the molecule is CCOc1ccc(NC(C)c2cccc(Cl)c2Cl)cc1. The molecular formula is C16H17Cl2NO. The molecule has 1 N–H and O–H groups in total. The van der Waals surface area contributed by atoms with Gasteiger partial charge in [0, 0.05) is 5.69 Å². The first-order valence-electron chi connectivity index (χ1n) is 6.55. The van der Waals surface area contributed by atoms with Gasteiger partial charge in [-0.05, 0) is 49.7 Å². The Hall–Kier alpha value is -1.38. The predicted molar refractivity (Wildman–Crippen MR) is 86.1 cm³/mol. The maximum atomic E-state index is 6.23. The summed E-state index contributed by atoms with van der Waals surface area (Å²) in [5.41, 5.74) is 1.99. The highest BCUT2D eigenvalue weighted by Gasteiger charge is 2.11. The van der Waals surface area contributed by atoms with Gasteiger partial charge in [-0.1, -0.05) is 35.3 Å². The molecule has 0 bridgehead atoms. The van der Waals surface area contributed by atoms with Gasteiger partial charge >= 0.3 is 0 Å². The highest BCUT2D eigenvalue weighted by Crippen LogP contribution is 2.31. The van der Waals surface area contributed by atoms with Crippen molar-refractivity contribution < 1.29 is 4.74 Å². The Morgan fingerprint density at radius 2 is 1.80 bits per heavy atom. The lowest BCUT2D eigenvalue weighted by Crippen LogP contribution is -2.07. The van der Waals surface area contributed by atoms with Crippen LogP contribution < -0.4 is 10.1 Å². The van der Waals surface area contributed by atoms with Gasteiger partial charge in [0.2, 0.25) is 0 Å². The zero-order valence-corrected chi connectivity index (χ0v) is 13.0. The van der Waals surface area contributed by atoms with Crippen molar-refractivity contribution in [2.75, 3.05) is 11.9 Å². The Balaban J connectivity index is 2.11. The summed E-state index contributed by atoms with van der Waals surface area (Å²) in [7, 11) is 0. The van der Waals surface area contributed by atoms with E-state index >= 15 is 0 Å². The highest BCUT2D eigenvalue weighted by atomic mass is 35.5. The largest absolute Gasteiger partial charge is 0.494 e. The van der Waals surface area contributed by atoms with Gasteiger partial charge in [0.1, 0.15) is 5.75 Å². The number of hydrogen-bond acceptors (Lipinski definition) is 2. The standard InChI is InChI=1S/C16H17Cl2NO/c1-3-20-13-9-7-12(8-10-13)19-11(2)14-5-4-6-15(17)16(14)18/h4-11,19H,3H2,1-2H3. The van der Waals surface area contributed by atoms with Crippen molar-refractivity contribution in [1.29, 1.82) is 0 Å². The molecule has 106 valence electrons. The number of ether oxygens (including phenoxy) is 1. The normalized spacial score (nSPS) is 12.0. The van der Waals surface area contributed by atoms with Crippen LogP contribution in [0.3, 0.4) is 0 Å². The zero-order valence-electron chi connectivity index (χ0n) is 11.5. The minimum absolute atomic E-state index is 0.0687. The van der Waals surface area contributed by atoms with Crippen molar-refractivity contribution >= 4 is 28.9 Å². The monoisotopic (exact) mass is 309 g/mol. The Labute approximate surface area is 129 Å². The summed E-state index contributed by atoms with van der Waals surface area (Å²) in [6.45, 7) is 4.69. The van der Waals surface area contributed by atoms with Gasteiger partial charge in [0.15, 0.2) is 0 Å². The quantitative estimate of drug-likeness (QED) is 0.780. The van der Waals surface area contributed by atoms with Crippen LogP contribution in [-0.4, -0.2) is 6.61 Å². The van der Waals surface area contributed by atoms with E-state index in [4.69, 9.17) is 27.9 Å². The van der Waals surface area contributed by atoms with Crippen LogP contribution in [0.1, 0.15) is 25.5 Å². The van der Waals surface area contributed by atoms with E-state index in [9.17, 15) is 0 Å². The van der Waals surface area contributed by atoms with Gasteiger partial charge in [-0.3, -0.25) is 0 Å². The lowest BCUT2D eigenvalue weighted by molar-refractivity contribution is 0.340. The second-order valence-corrected chi connectivity index (χ2v) is 5.25. The van der Waals surface area contributed by atoms with Crippen molar-refractivity contribution in [2.24, 2.45) is 0 Å². The molecule has 0 aliphatic carbocycles. The van der Waals surface area contributed by atoms with Gasteiger partial charge in [-0.2, -0.15) is 0 Å². The number of hydrogen-bond donors (Lipinski definition) is 1. The Morgan fingerprint density at radius 1 is 1.10 bits per heavy atom. The molecule has 0 fully saturated rings. The first-order chi connectivity index (χ1) is 9.61. The summed E-state index contributed by atoms with van der Waals surface area (Å²) in [4.78, 5) is 0. The summed E-state index contributed by atoms with van der Waals surface area (Å²) in [5, 5.41) is 4.57. The average molecular weight is 310 g/mol. The van der Waals surface area contributed by atoms with Crippen LogP contribution in [0.25, 0.3) is 0 Å². The zero-order chi connectivity index (χ0) is 14.5. The van der Waals surface area contributed by atoms with Gasteiger partial charge in [-0.15, -0.1) is 0 Å². The van der Waals surface area contributed by atoms with E-state index in [1.54, 1.807) is 6.07 Å². The molecule has 2 aromatic carbocycles. The first-order valence-corrected chi connectivity index (χ1v) is 7.30. The number of anilines is 1. The maximum absolute atomic E-state index is 6.23. The molecule has 2 rings (SSSR count). The lowest BCUT2D eigenvalue weighted by atomic mass is 10.1. The maximum Gasteiger partial charge on any atom is 0.119 e. The summed E-state index contributed by atoms with van der Waals surface area (Å²) in [6.07, 6.45) is 0. The van der Waals surface area contributed by atoms with Crippen molar-refractivity contribution in [3.05, 3.63) is 58.1 Å². The highest BCUT2D eigenvalue weighted by molar-refractivity contribution is 6.42. The number of rotatable bonds is 5. The third-order valence-corrected chi connectivity index (χ3v) is 3.83. The fourth-order valence-corrected chi connectivity index (χ4v) is 2.47. The van der Waals surface area contributed by atoms with Crippen molar-refractivity contribution in [1.82, 2.24) is 0 Å². The molecule has 0 aromatic heterocycles. The average Bonchev–Trinajstić information content (AvgIpc) is 2.44. The Bertz CT molecular complexity index is 569. The third-order valence-electron chi connectivity index (χ3n) is 3.00. The van der Waals surface area contributed by atoms with Crippen molar-refractivity contribution in [3.63, 3.8) is 0 Å². The minimum atomic E-state index is 0.0687. The fraction of sp³-hybridized carbons (Fsp3) is 0.250. The van der Waals surface area contributed by atoms with E-state index in [2.05, 4.69) is 5.32 Å². The van der Waals surface area contributed by atoms with Crippen LogP contribution in [-0.2, 0) is 0 Å². The van der Waals surface area contributed by atoms with Crippen molar-refractivity contribution in [3.8, 4) is 5.75 Å². The first kappa shape index (κ1) is 15.0. The van der Waals surface area contributed by atoms with E-state index in [1.165, 1.54) is 0 Å². The summed E-state index contributed by atoms with van der Waals surface area (Å²) < 4.78 is 5.42. The fourth-order valence-electron chi connectivity index (χ4n) is 2.00. The predicted octanol–water partition coefficient (Wildman–Crippen LogP) is 5.57. The summed E-state index contributed by atoms with van der Waals surface area (Å²) >= 11 is 12.3. The molecule has 0 saturated heterocycles. The second-order valence-electron chi connectivity index (χ2n) is 4.47.